The van der Waals surface area contributed by atoms with Crippen molar-refractivity contribution in [1.82, 2.24) is 4.90 Å². The predicted molar refractivity (Wildman–Crippen MR) is 82.3 cm³/mol. The maximum Gasteiger partial charge on any atom is 0.317 e. The number of benzene rings is 1. The molecule has 0 amide bonds. The number of halogens is 1. The van der Waals surface area contributed by atoms with Gasteiger partial charge in [0.25, 0.3) is 0 Å². The van der Waals surface area contributed by atoms with Gasteiger partial charge < -0.3 is 14.6 Å². The largest absolute Gasteiger partial charge is 0.493 e. The molecule has 0 aromatic heterocycles. The SMILES string of the molecule is COc1ccc(CN(CC(=O)O)CC(C)C)c(Cl)c1OC. The molecule has 5 nitrogen and oxygen atoms in total. The smallest absolute Gasteiger partial charge is 0.317 e. The fourth-order valence-corrected chi connectivity index (χ4v) is 2.48. The summed E-state index contributed by atoms with van der Waals surface area (Å²) in [5.41, 5.74) is 0.816. The first-order valence-electron chi connectivity index (χ1n) is 6.72. The first-order chi connectivity index (χ1) is 9.88. The summed E-state index contributed by atoms with van der Waals surface area (Å²) in [5, 5.41) is 9.46. The van der Waals surface area contributed by atoms with Gasteiger partial charge in [0.15, 0.2) is 11.5 Å². The lowest BCUT2D eigenvalue weighted by molar-refractivity contribution is -0.138. The van der Waals surface area contributed by atoms with E-state index in [0.29, 0.717) is 35.5 Å². The molecule has 118 valence electrons. The van der Waals surface area contributed by atoms with Crippen LogP contribution in [0.4, 0.5) is 0 Å². The lowest BCUT2D eigenvalue weighted by Gasteiger charge is -2.23. The van der Waals surface area contributed by atoms with Gasteiger partial charge in [-0.3, -0.25) is 9.69 Å². The summed E-state index contributed by atoms with van der Waals surface area (Å²) in [4.78, 5) is 12.8. The van der Waals surface area contributed by atoms with Crippen molar-refractivity contribution in [2.24, 2.45) is 5.92 Å². The third kappa shape index (κ3) is 5.10. The lowest BCUT2D eigenvalue weighted by atomic mass is 10.1. The molecule has 0 aliphatic heterocycles. The molecule has 0 radical (unpaired) electrons. The van der Waals surface area contributed by atoms with Gasteiger partial charge in [-0.25, -0.2) is 0 Å². The molecule has 0 aliphatic rings. The van der Waals surface area contributed by atoms with Gasteiger partial charge in [-0.2, -0.15) is 0 Å². The van der Waals surface area contributed by atoms with Gasteiger partial charge in [-0.15, -0.1) is 0 Å². The molecular weight excluding hydrogens is 294 g/mol. The highest BCUT2D eigenvalue weighted by atomic mass is 35.5. The quantitative estimate of drug-likeness (QED) is 0.799. The molecule has 1 aromatic rings. The minimum absolute atomic E-state index is 0.0249. The monoisotopic (exact) mass is 315 g/mol. The highest BCUT2D eigenvalue weighted by Gasteiger charge is 2.17. The average Bonchev–Trinajstić information content (AvgIpc) is 2.39. The Morgan fingerprint density at radius 2 is 2.00 bits per heavy atom. The Morgan fingerprint density at radius 3 is 2.48 bits per heavy atom. The number of ether oxygens (including phenoxy) is 2. The minimum atomic E-state index is -0.854. The van der Waals surface area contributed by atoms with E-state index in [4.69, 9.17) is 26.2 Å². The molecule has 0 fully saturated rings. The number of hydrogen-bond acceptors (Lipinski definition) is 4. The van der Waals surface area contributed by atoms with Crippen LogP contribution in [-0.2, 0) is 11.3 Å². The number of methoxy groups -OCH3 is 2. The summed E-state index contributed by atoms with van der Waals surface area (Å²) < 4.78 is 10.4. The van der Waals surface area contributed by atoms with Crippen molar-refractivity contribution in [1.29, 1.82) is 0 Å². The van der Waals surface area contributed by atoms with Gasteiger partial charge >= 0.3 is 5.97 Å². The van der Waals surface area contributed by atoms with Crippen molar-refractivity contribution >= 4 is 17.6 Å². The van der Waals surface area contributed by atoms with Crippen LogP contribution < -0.4 is 9.47 Å². The zero-order valence-electron chi connectivity index (χ0n) is 12.9. The molecule has 0 bridgehead atoms. The van der Waals surface area contributed by atoms with E-state index in [1.165, 1.54) is 7.11 Å². The predicted octanol–water partition coefficient (Wildman–Crippen LogP) is 2.90. The summed E-state index contributed by atoms with van der Waals surface area (Å²) in [5.74, 6) is 0.534. The normalized spacial score (nSPS) is 11.0. The van der Waals surface area contributed by atoms with Crippen molar-refractivity contribution in [3.63, 3.8) is 0 Å². The van der Waals surface area contributed by atoms with Crippen molar-refractivity contribution in [2.45, 2.75) is 20.4 Å². The van der Waals surface area contributed by atoms with E-state index in [9.17, 15) is 4.79 Å². The van der Waals surface area contributed by atoms with E-state index in [0.717, 1.165) is 5.56 Å². The Kier molecular flexibility index (Phi) is 6.78. The van der Waals surface area contributed by atoms with Crippen LogP contribution in [0.3, 0.4) is 0 Å². The summed E-state index contributed by atoms with van der Waals surface area (Å²) in [6.45, 7) is 5.19. The maximum absolute atomic E-state index is 11.0. The Hall–Kier alpha value is -1.46. The lowest BCUT2D eigenvalue weighted by Crippen LogP contribution is -2.32. The zero-order chi connectivity index (χ0) is 16.0. The number of rotatable bonds is 8. The minimum Gasteiger partial charge on any atom is -0.493 e. The summed E-state index contributed by atoms with van der Waals surface area (Å²) >= 11 is 6.33. The number of carboxylic acid groups (broad SMARTS) is 1. The molecular formula is C15H22ClNO4. The maximum atomic E-state index is 11.0. The second-order valence-corrected chi connectivity index (χ2v) is 5.61. The fraction of sp³-hybridized carbons (Fsp3) is 0.533. The molecule has 21 heavy (non-hydrogen) atoms. The van der Waals surface area contributed by atoms with Crippen LogP contribution in [0.1, 0.15) is 19.4 Å². The van der Waals surface area contributed by atoms with Gasteiger partial charge in [0.1, 0.15) is 0 Å². The molecule has 1 rings (SSSR count). The van der Waals surface area contributed by atoms with E-state index in [-0.39, 0.29) is 6.54 Å². The van der Waals surface area contributed by atoms with Gasteiger partial charge in [0.05, 0.1) is 25.8 Å². The van der Waals surface area contributed by atoms with Crippen LogP contribution in [0.15, 0.2) is 12.1 Å². The third-order valence-corrected chi connectivity index (χ3v) is 3.36. The van der Waals surface area contributed by atoms with Crippen LogP contribution in [0.25, 0.3) is 0 Å². The Balaban J connectivity index is 3.00. The Morgan fingerprint density at radius 1 is 1.33 bits per heavy atom. The molecule has 0 spiro atoms. The summed E-state index contributed by atoms with van der Waals surface area (Å²) in [6.07, 6.45) is 0. The van der Waals surface area contributed by atoms with E-state index >= 15 is 0 Å². The molecule has 0 aliphatic carbocycles. The van der Waals surface area contributed by atoms with Crippen LogP contribution in [0.5, 0.6) is 11.5 Å². The second kappa shape index (κ2) is 8.10. The van der Waals surface area contributed by atoms with Crippen molar-refractivity contribution in [3.05, 3.63) is 22.7 Å². The molecule has 1 aromatic carbocycles. The first-order valence-corrected chi connectivity index (χ1v) is 7.10. The van der Waals surface area contributed by atoms with E-state index < -0.39 is 5.97 Å². The Labute approximate surface area is 130 Å². The second-order valence-electron chi connectivity index (χ2n) is 5.23. The molecule has 1 N–H and O–H groups in total. The molecule has 6 heteroatoms. The summed E-state index contributed by atoms with van der Waals surface area (Å²) in [6, 6.07) is 3.60. The number of hydrogen-bond donors (Lipinski definition) is 1. The number of carbonyl (C=O) groups is 1. The zero-order valence-corrected chi connectivity index (χ0v) is 13.6. The topological polar surface area (TPSA) is 59.0 Å². The number of aliphatic carboxylic acids is 1. The van der Waals surface area contributed by atoms with Crippen molar-refractivity contribution < 1.29 is 19.4 Å². The van der Waals surface area contributed by atoms with Crippen molar-refractivity contribution in [2.75, 3.05) is 27.3 Å². The third-order valence-electron chi connectivity index (χ3n) is 2.94. The van der Waals surface area contributed by atoms with Gasteiger partial charge in [-0.05, 0) is 17.5 Å². The highest BCUT2D eigenvalue weighted by molar-refractivity contribution is 6.33. The average molecular weight is 316 g/mol. The fourth-order valence-electron chi connectivity index (χ4n) is 2.19. The number of carboxylic acids is 1. The molecule has 0 unspecified atom stereocenters. The molecule has 0 saturated carbocycles. The van der Waals surface area contributed by atoms with Crippen LogP contribution in [-0.4, -0.2) is 43.3 Å². The van der Waals surface area contributed by atoms with Crippen LogP contribution >= 0.6 is 11.6 Å². The van der Waals surface area contributed by atoms with Gasteiger partial charge in [-0.1, -0.05) is 31.5 Å². The first kappa shape index (κ1) is 17.6. The summed E-state index contributed by atoms with van der Waals surface area (Å²) in [7, 11) is 3.07. The van der Waals surface area contributed by atoms with E-state index in [1.54, 1.807) is 13.2 Å². The van der Waals surface area contributed by atoms with E-state index in [2.05, 4.69) is 0 Å². The van der Waals surface area contributed by atoms with Crippen LogP contribution in [0.2, 0.25) is 5.02 Å². The van der Waals surface area contributed by atoms with Crippen LogP contribution in [0, 0.1) is 5.92 Å². The van der Waals surface area contributed by atoms with Gasteiger partial charge in [0.2, 0.25) is 0 Å². The van der Waals surface area contributed by atoms with E-state index in [1.807, 2.05) is 24.8 Å². The van der Waals surface area contributed by atoms with Crippen molar-refractivity contribution in [3.8, 4) is 11.5 Å². The molecule has 0 atom stereocenters. The number of nitrogens with zero attached hydrogens (tertiary/aromatic N) is 1. The Bertz CT molecular complexity index is 491. The van der Waals surface area contributed by atoms with Gasteiger partial charge in [0, 0.05) is 13.1 Å². The molecule has 0 heterocycles. The standard InChI is InChI=1S/C15H22ClNO4/c1-10(2)7-17(9-13(18)19)8-11-5-6-12(20-3)15(21-4)14(11)16/h5-6,10H,7-9H2,1-4H3,(H,18,19). The highest BCUT2D eigenvalue weighted by Crippen LogP contribution is 2.37. The molecule has 0 saturated heterocycles.